The molecule has 0 spiro atoms. The summed E-state index contributed by atoms with van der Waals surface area (Å²) in [5.74, 6) is 0.608. The van der Waals surface area contributed by atoms with E-state index in [-0.39, 0.29) is 0 Å². The van der Waals surface area contributed by atoms with E-state index >= 15 is 0 Å². The minimum absolute atomic E-state index is 0.296. The second-order valence-electron chi connectivity index (χ2n) is 4.02. The zero-order valence-corrected chi connectivity index (χ0v) is 9.77. The van der Waals surface area contributed by atoms with E-state index in [0.717, 1.165) is 26.0 Å². The lowest BCUT2D eigenvalue weighted by Crippen LogP contribution is -2.28. The molecule has 1 aromatic heterocycles. The van der Waals surface area contributed by atoms with Gasteiger partial charge in [0.05, 0.1) is 12.6 Å². The van der Waals surface area contributed by atoms with Gasteiger partial charge in [-0.1, -0.05) is 5.10 Å². The Morgan fingerprint density at radius 1 is 1.50 bits per heavy atom. The summed E-state index contributed by atoms with van der Waals surface area (Å²) >= 11 is 0. The van der Waals surface area contributed by atoms with Crippen LogP contribution in [-0.2, 0) is 11.3 Å². The molecule has 90 valence electrons. The first kappa shape index (κ1) is 11.3. The van der Waals surface area contributed by atoms with Crippen molar-refractivity contribution >= 4 is 6.01 Å². The van der Waals surface area contributed by atoms with Crippen LogP contribution in [0.2, 0.25) is 0 Å². The van der Waals surface area contributed by atoms with Gasteiger partial charge in [-0.3, -0.25) is 0 Å². The number of nitrogens with zero attached hydrogens (tertiary/aromatic N) is 3. The molecule has 0 amide bonds. The van der Waals surface area contributed by atoms with E-state index in [9.17, 15) is 0 Å². The van der Waals surface area contributed by atoms with Crippen molar-refractivity contribution in [1.29, 1.82) is 0 Å². The van der Waals surface area contributed by atoms with Crippen molar-refractivity contribution in [3.63, 3.8) is 0 Å². The number of likely N-dealkylation sites (N-methyl/N-ethyl adjacent to an activating group) is 1. The van der Waals surface area contributed by atoms with Gasteiger partial charge in [-0.25, -0.2) is 0 Å². The van der Waals surface area contributed by atoms with E-state index in [1.165, 1.54) is 0 Å². The molecular formula is C10H18N4O2. The van der Waals surface area contributed by atoms with Gasteiger partial charge in [0.25, 0.3) is 0 Å². The molecule has 1 atom stereocenters. The first-order valence-corrected chi connectivity index (χ1v) is 5.59. The van der Waals surface area contributed by atoms with Crippen LogP contribution in [0.3, 0.4) is 0 Å². The number of aromatic nitrogens is 2. The molecule has 0 saturated carbocycles. The Kier molecular flexibility index (Phi) is 3.74. The third-order valence-corrected chi connectivity index (χ3v) is 2.61. The molecule has 1 aliphatic rings. The van der Waals surface area contributed by atoms with Crippen molar-refractivity contribution in [3.8, 4) is 0 Å². The largest absolute Gasteiger partial charge is 0.407 e. The molecular weight excluding hydrogens is 208 g/mol. The molecule has 1 unspecified atom stereocenters. The topological polar surface area (TPSA) is 63.4 Å². The van der Waals surface area contributed by atoms with E-state index < -0.39 is 0 Å². The van der Waals surface area contributed by atoms with Crippen molar-refractivity contribution in [2.75, 3.05) is 32.1 Å². The van der Waals surface area contributed by atoms with Crippen LogP contribution in [0, 0.1) is 0 Å². The SMILES string of the molecule is CNCc1nnc(N(C)CC2CCCO2)o1. The van der Waals surface area contributed by atoms with Crippen molar-refractivity contribution < 1.29 is 9.15 Å². The molecule has 2 rings (SSSR count). The van der Waals surface area contributed by atoms with Gasteiger partial charge >= 0.3 is 6.01 Å². The maximum Gasteiger partial charge on any atom is 0.318 e. The van der Waals surface area contributed by atoms with Crippen molar-refractivity contribution in [2.45, 2.75) is 25.5 Å². The van der Waals surface area contributed by atoms with Gasteiger partial charge in [-0.05, 0) is 19.9 Å². The molecule has 16 heavy (non-hydrogen) atoms. The van der Waals surface area contributed by atoms with Crippen LogP contribution in [0.25, 0.3) is 0 Å². The molecule has 0 aliphatic carbocycles. The highest BCUT2D eigenvalue weighted by atomic mass is 16.5. The lowest BCUT2D eigenvalue weighted by Gasteiger charge is -2.17. The van der Waals surface area contributed by atoms with Crippen molar-refractivity contribution in [1.82, 2.24) is 15.5 Å². The average Bonchev–Trinajstić information content (AvgIpc) is 2.89. The summed E-state index contributed by atoms with van der Waals surface area (Å²) in [6.07, 6.45) is 2.56. The lowest BCUT2D eigenvalue weighted by molar-refractivity contribution is 0.115. The summed E-state index contributed by atoms with van der Waals surface area (Å²) in [6.45, 7) is 2.27. The van der Waals surface area contributed by atoms with E-state index in [2.05, 4.69) is 15.5 Å². The molecule has 2 heterocycles. The van der Waals surface area contributed by atoms with Crippen LogP contribution in [0.4, 0.5) is 6.01 Å². The molecule has 1 N–H and O–H groups in total. The highest BCUT2D eigenvalue weighted by Crippen LogP contribution is 2.16. The Balaban J connectivity index is 1.89. The minimum atomic E-state index is 0.296. The highest BCUT2D eigenvalue weighted by Gasteiger charge is 2.20. The summed E-state index contributed by atoms with van der Waals surface area (Å²) in [5, 5.41) is 10.9. The molecule has 1 aliphatic heterocycles. The number of rotatable bonds is 5. The molecule has 6 heteroatoms. The van der Waals surface area contributed by atoms with Gasteiger partial charge in [-0.15, -0.1) is 5.10 Å². The molecule has 0 bridgehead atoms. The van der Waals surface area contributed by atoms with Gasteiger partial charge in [0, 0.05) is 20.2 Å². The number of hydrogen-bond donors (Lipinski definition) is 1. The summed E-state index contributed by atoms with van der Waals surface area (Å²) in [7, 11) is 3.79. The van der Waals surface area contributed by atoms with Crippen molar-refractivity contribution in [3.05, 3.63) is 5.89 Å². The average molecular weight is 226 g/mol. The quantitative estimate of drug-likeness (QED) is 0.784. The molecule has 1 saturated heterocycles. The van der Waals surface area contributed by atoms with Gasteiger partial charge < -0.3 is 19.4 Å². The summed E-state index contributed by atoms with van der Waals surface area (Å²) in [5.41, 5.74) is 0. The standard InChI is InChI=1S/C10H18N4O2/c1-11-6-9-12-13-10(16-9)14(2)7-8-4-3-5-15-8/h8,11H,3-7H2,1-2H3. The maximum atomic E-state index is 5.56. The Morgan fingerprint density at radius 2 is 2.38 bits per heavy atom. The fourth-order valence-corrected chi connectivity index (χ4v) is 1.79. The Bertz CT molecular complexity index is 322. The Hall–Kier alpha value is -1.14. The highest BCUT2D eigenvalue weighted by molar-refractivity contribution is 5.22. The summed E-state index contributed by atoms with van der Waals surface area (Å²) in [4.78, 5) is 1.95. The number of hydrogen-bond acceptors (Lipinski definition) is 6. The monoisotopic (exact) mass is 226 g/mol. The van der Waals surface area contributed by atoms with Crippen molar-refractivity contribution in [2.24, 2.45) is 0 Å². The number of anilines is 1. The third-order valence-electron chi connectivity index (χ3n) is 2.61. The molecule has 0 aromatic carbocycles. The molecule has 1 fully saturated rings. The normalized spacial score (nSPS) is 20.2. The van der Waals surface area contributed by atoms with Crippen LogP contribution >= 0.6 is 0 Å². The van der Waals surface area contributed by atoms with Crippen LogP contribution in [-0.4, -0.2) is 43.5 Å². The van der Waals surface area contributed by atoms with Gasteiger partial charge in [-0.2, -0.15) is 0 Å². The predicted molar refractivity (Wildman–Crippen MR) is 59.3 cm³/mol. The molecule has 0 radical (unpaired) electrons. The Morgan fingerprint density at radius 3 is 3.06 bits per heavy atom. The second kappa shape index (κ2) is 5.27. The predicted octanol–water partition coefficient (Wildman–Crippen LogP) is 0.404. The number of nitrogens with one attached hydrogen (secondary N) is 1. The zero-order valence-electron chi connectivity index (χ0n) is 9.77. The summed E-state index contributed by atoms with van der Waals surface area (Å²) in [6, 6.07) is 0.556. The van der Waals surface area contributed by atoms with Gasteiger partial charge in [0.1, 0.15) is 0 Å². The first-order chi connectivity index (χ1) is 7.79. The summed E-state index contributed by atoms with van der Waals surface area (Å²) < 4.78 is 11.0. The molecule has 1 aromatic rings. The fraction of sp³-hybridized carbons (Fsp3) is 0.800. The lowest BCUT2D eigenvalue weighted by atomic mass is 10.2. The van der Waals surface area contributed by atoms with E-state index in [1.807, 2.05) is 19.0 Å². The van der Waals surface area contributed by atoms with Crippen LogP contribution in [0.5, 0.6) is 0 Å². The molecule has 6 nitrogen and oxygen atoms in total. The van der Waals surface area contributed by atoms with Gasteiger partial charge in [0.2, 0.25) is 5.89 Å². The van der Waals surface area contributed by atoms with E-state index in [0.29, 0.717) is 24.6 Å². The fourth-order valence-electron chi connectivity index (χ4n) is 1.79. The van der Waals surface area contributed by atoms with E-state index in [1.54, 1.807) is 0 Å². The first-order valence-electron chi connectivity index (χ1n) is 5.59. The van der Waals surface area contributed by atoms with Gasteiger partial charge in [0.15, 0.2) is 0 Å². The van der Waals surface area contributed by atoms with Crippen LogP contribution < -0.4 is 10.2 Å². The Labute approximate surface area is 95.0 Å². The minimum Gasteiger partial charge on any atom is -0.407 e. The number of ether oxygens (including phenoxy) is 1. The van der Waals surface area contributed by atoms with Crippen LogP contribution in [0.1, 0.15) is 18.7 Å². The second-order valence-corrected chi connectivity index (χ2v) is 4.02. The van der Waals surface area contributed by atoms with Crippen LogP contribution in [0.15, 0.2) is 4.42 Å². The van der Waals surface area contributed by atoms with E-state index in [4.69, 9.17) is 9.15 Å². The zero-order chi connectivity index (χ0) is 11.4. The maximum absolute atomic E-state index is 5.56. The third kappa shape index (κ3) is 2.70. The smallest absolute Gasteiger partial charge is 0.318 e.